The van der Waals surface area contributed by atoms with Crippen LogP contribution in [0.25, 0.3) is 0 Å². The fourth-order valence-corrected chi connectivity index (χ4v) is 5.19. The summed E-state index contributed by atoms with van der Waals surface area (Å²) >= 11 is 7.71. The second-order valence-corrected chi connectivity index (χ2v) is 10.1. The first-order chi connectivity index (χ1) is 13.9. The summed E-state index contributed by atoms with van der Waals surface area (Å²) < 4.78 is 7.30. The third kappa shape index (κ3) is 6.67. The van der Waals surface area contributed by atoms with Crippen LogP contribution in [0.15, 0.2) is 60.7 Å². The maximum absolute atomic E-state index is 7.30. The first-order valence-electron chi connectivity index (χ1n) is 10.8. The van der Waals surface area contributed by atoms with E-state index in [1.165, 1.54) is 11.1 Å². The molecule has 160 valence electrons. The third-order valence-corrected chi connectivity index (χ3v) is 7.48. The Bertz CT molecular complexity index is 640. The van der Waals surface area contributed by atoms with Crippen LogP contribution in [0.1, 0.15) is 64.5 Å². The molecule has 2 aromatic rings. The molecule has 0 spiro atoms. The average Bonchev–Trinajstić information content (AvgIpc) is 2.75. The Morgan fingerprint density at radius 1 is 0.655 bits per heavy atom. The maximum Gasteiger partial charge on any atom is 0.104 e. The highest BCUT2D eigenvalue weighted by Crippen LogP contribution is 2.45. The predicted molar refractivity (Wildman–Crippen MR) is 133 cm³/mol. The fraction of sp³-hybridized carbons (Fsp3) is 0.538. The van der Waals surface area contributed by atoms with Gasteiger partial charge in [-0.15, -0.1) is 0 Å². The highest BCUT2D eigenvalue weighted by atomic mass is 79.9. The van der Waals surface area contributed by atoms with E-state index < -0.39 is 0 Å². The lowest BCUT2D eigenvalue weighted by molar-refractivity contribution is -0.155. The molecule has 0 saturated heterocycles. The minimum Gasteiger partial charge on any atom is -0.357 e. The van der Waals surface area contributed by atoms with E-state index in [1.807, 2.05) is 0 Å². The normalized spacial score (nSPS) is 16.0. The van der Waals surface area contributed by atoms with Crippen LogP contribution in [0.3, 0.4) is 0 Å². The molecule has 3 heteroatoms. The van der Waals surface area contributed by atoms with Gasteiger partial charge in [0, 0.05) is 10.7 Å². The monoisotopic (exact) mass is 522 g/mol. The fourth-order valence-electron chi connectivity index (χ4n) is 3.75. The van der Waals surface area contributed by atoms with Gasteiger partial charge in [0.15, 0.2) is 0 Å². The van der Waals surface area contributed by atoms with Crippen LogP contribution in [-0.4, -0.2) is 10.7 Å². The lowest BCUT2D eigenvalue weighted by atomic mass is 9.83. The molecule has 0 radical (unpaired) electrons. The number of halogens is 2. The van der Waals surface area contributed by atoms with Crippen LogP contribution < -0.4 is 0 Å². The van der Waals surface area contributed by atoms with E-state index in [2.05, 4.69) is 120 Å². The van der Waals surface area contributed by atoms with Crippen molar-refractivity contribution >= 4 is 31.9 Å². The lowest BCUT2D eigenvalue weighted by Crippen LogP contribution is -2.44. The van der Waals surface area contributed by atoms with Gasteiger partial charge in [0.1, 0.15) is 11.2 Å². The Kier molecular flexibility index (Phi) is 9.91. The highest BCUT2D eigenvalue weighted by molar-refractivity contribution is 9.09. The molecule has 0 aliphatic heterocycles. The van der Waals surface area contributed by atoms with E-state index in [9.17, 15) is 0 Å². The van der Waals surface area contributed by atoms with Gasteiger partial charge in [-0.25, -0.2) is 0 Å². The van der Waals surface area contributed by atoms with E-state index in [0.717, 1.165) is 36.3 Å². The molecule has 0 aliphatic rings. The largest absolute Gasteiger partial charge is 0.357 e. The summed E-state index contributed by atoms with van der Waals surface area (Å²) in [5, 5.41) is 1.56. The molecule has 2 atom stereocenters. The van der Waals surface area contributed by atoms with Crippen molar-refractivity contribution in [1.82, 2.24) is 0 Å². The quantitative estimate of drug-likeness (QED) is 0.253. The van der Waals surface area contributed by atoms with Crippen molar-refractivity contribution in [3.63, 3.8) is 0 Å². The lowest BCUT2D eigenvalue weighted by Gasteiger charge is -2.44. The molecule has 0 bridgehead atoms. The molecule has 0 unspecified atom stereocenters. The Hall–Kier alpha value is -0.640. The van der Waals surface area contributed by atoms with Gasteiger partial charge >= 0.3 is 0 Å². The highest BCUT2D eigenvalue weighted by Gasteiger charge is 2.43. The van der Waals surface area contributed by atoms with Crippen molar-refractivity contribution in [2.45, 2.75) is 64.6 Å². The van der Waals surface area contributed by atoms with E-state index >= 15 is 0 Å². The second kappa shape index (κ2) is 11.7. The second-order valence-electron chi connectivity index (χ2n) is 8.95. The topological polar surface area (TPSA) is 9.23 Å². The molecular formula is C26H36Br2O. The van der Waals surface area contributed by atoms with Gasteiger partial charge < -0.3 is 4.74 Å². The molecule has 0 aromatic heterocycles. The molecular weight excluding hydrogens is 488 g/mol. The number of ether oxygens (including phenoxy) is 1. The number of rotatable bonds is 12. The van der Waals surface area contributed by atoms with Gasteiger partial charge in [0.25, 0.3) is 0 Å². The minimum atomic E-state index is -0.369. The third-order valence-electron chi connectivity index (χ3n) is 5.67. The number of hydrogen-bond donors (Lipinski definition) is 0. The van der Waals surface area contributed by atoms with E-state index in [1.54, 1.807) is 0 Å². The van der Waals surface area contributed by atoms with E-state index in [0.29, 0.717) is 11.8 Å². The Morgan fingerprint density at radius 3 is 1.28 bits per heavy atom. The summed E-state index contributed by atoms with van der Waals surface area (Å²) in [7, 11) is 0. The molecule has 2 aromatic carbocycles. The molecule has 1 nitrogen and oxygen atoms in total. The summed E-state index contributed by atoms with van der Waals surface area (Å²) in [5.74, 6) is 1.26. The average molecular weight is 524 g/mol. The summed E-state index contributed by atoms with van der Waals surface area (Å²) in [4.78, 5) is 0. The van der Waals surface area contributed by atoms with Crippen molar-refractivity contribution < 1.29 is 4.74 Å². The standard InChI is InChI=1S/C26H36Br2O/c1-21(2)15-17-25(19-27,23-11-7-5-8-12-23)29-26(20-28,18-16-22(3)4)24-13-9-6-10-14-24/h5-14,21-22H,15-20H2,1-4H3/t25-,26-/m1/s1. The van der Waals surface area contributed by atoms with Gasteiger partial charge in [-0.1, -0.05) is 120 Å². The Morgan fingerprint density at radius 2 is 1.00 bits per heavy atom. The first kappa shape index (κ1) is 24.6. The number of hydrogen-bond acceptors (Lipinski definition) is 1. The molecule has 0 heterocycles. The van der Waals surface area contributed by atoms with Crippen molar-refractivity contribution in [2.75, 3.05) is 10.7 Å². The van der Waals surface area contributed by atoms with E-state index in [4.69, 9.17) is 4.74 Å². The summed E-state index contributed by atoms with van der Waals surface area (Å²) in [5.41, 5.74) is 1.77. The molecule has 0 aliphatic carbocycles. The SMILES string of the molecule is CC(C)CC[C@](CBr)(O[C@@](CBr)(CCC(C)C)c1ccccc1)c1ccccc1. The molecule has 2 rings (SSSR count). The number of benzene rings is 2. The van der Waals surface area contributed by atoms with Crippen LogP contribution in [0.2, 0.25) is 0 Å². The van der Waals surface area contributed by atoms with Crippen molar-refractivity contribution in [2.24, 2.45) is 11.8 Å². The summed E-state index contributed by atoms with van der Waals surface area (Å²) in [6.45, 7) is 9.16. The Balaban J connectivity index is 2.53. The van der Waals surface area contributed by atoms with Crippen LogP contribution in [-0.2, 0) is 15.9 Å². The molecule has 0 fully saturated rings. The van der Waals surface area contributed by atoms with Crippen molar-refractivity contribution in [3.05, 3.63) is 71.8 Å². The minimum absolute atomic E-state index is 0.369. The smallest absolute Gasteiger partial charge is 0.104 e. The molecule has 0 amide bonds. The summed E-state index contributed by atoms with van der Waals surface area (Å²) in [6, 6.07) is 21.5. The van der Waals surface area contributed by atoms with Crippen LogP contribution in [0.4, 0.5) is 0 Å². The first-order valence-corrected chi connectivity index (χ1v) is 13.0. The zero-order valence-corrected chi connectivity index (χ0v) is 21.5. The van der Waals surface area contributed by atoms with Crippen molar-refractivity contribution in [3.8, 4) is 0 Å². The van der Waals surface area contributed by atoms with Crippen LogP contribution >= 0.6 is 31.9 Å². The van der Waals surface area contributed by atoms with Gasteiger partial charge in [0.05, 0.1) is 0 Å². The van der Waals surface area contributed by atoms with Crippen LogP contribution in [0.5, 0.6) is 0 Å². The summed E-state index contributed by atoms with van der Waals surface area (Å²) in [6.07, 6.45) is 4.22. The van der Waals surface area contributed by atoms with Crippen molar-refractivity contribution in [1.29, 1.82) is 0 Å². The zero-order chi connectivity index (χ0) is 21.3. The molecule has 0 N–H and O–H groups in total. The van der Waals surface area contributed by atoms with Gasteiger partial charge in [-0.2, -0.15) is 0 Å². The number of alkyl halides is 2. The Labute approximate surface area is 194 Å². The van der Waals surface area contributed by atoms with Crippen LogP contribution in [0, 0.1) is 11.8 Å². The van der Waals surface area contributed by atoms with Gasteiger partial charge in [-0.05, 0) is 48.6 Å². The predicted octanol–water partition coefficient (Wildman–Crippen LogP) is 8.46. The maximum atomic E-state index is 7.30. The zero-order valence-electron chi connectivity index (χ0n) is 18.3. The van der Waals surface area contributed by atoms with Gasteiger partial charge in [0.2, 0.25) is 0 Å². The van der Waals surface area contributed by atoms with E-state index in [-0.39, 0.29) is 11.2 Å². The van der Waals surface area contributed by atoms with Gasteiger partial charge in [-0.3, -0.25) is 0 Å². The molecule has 0 saturated carbocycles. The molecule has 29 heavy (non-hydrogen) atoms.